The third-order valence-electron chi connectivity index (χ3n) is 1.97. The third kappa shape index (κ3) is 1.83. The monoisotopic (exact) mass is 204 g/mol. The molecule has 15 heavy (non-hydrogen) atoms. The van der Waals surface area contributed by atoms with Gasteiger partial charge in [-0.25, -0.2) is 0 Å². The van der Waals surface area contributed by atoms with E-state index < -0.39 is 5.91 Å². The molecule has 1 aromatic rings. The van der Waals surface area contributed by atoms with E-state index >= 15 is 0 Å². The first kappa shape index (κ1) is 9.34. The molecular formula is C10H8N2O3. The number of nitriles is 1. The lowest BCUT2D eigenvalue weighted by atomic mass is 10.2. The lowest BCUT2D eigenvalue weighted by molar-refractivity contribution is 0.0971. The zero-order valence-electron chi connectivity index (χ0n) is 7.82. The van der Waals surface area contributed by atoms with Gasteiger partial charge in [0.2, 0.25) is 0 Å². The highest BCUT2D eigenvalue weighted by molar-refractivity contribution is 5.95. The van der Waals surface area contributed by atoms with Crippen molar-refractivity contribution in [1.82, 2.24) is 5.32 Å². The molecule has 1 heterocycles. The SMILES string of the molecule is N#CNC(=O)c1ccc2c(c1)OCCO2. The fourth-order valence-electron chi connectivity index (χ4n) is 1.31. The maximum atomic E-state index is 11.3. The summed E-state index contributed by atoms with van der Waals surface area (Å²) in [6.45, 7) is 0.979. The van der Waals surface area contributed by atoms with Crippen molar-refractivity contribution in [2.45, 2.75) is 0 Å². The fraction of sp³-hybridized carbons (Fsp3) is 0.200. The molecule has 1 amide bonds. The number of amides is 1. The zero-order chi connectivity index (χ0) is 10.7. The van der Waals surface area contributed by atoms with Crippen LogP contribution in [-0.2, 0) is 0 Å². The molecule has 1 N–H and O–H groups in total. The van der Waals surface area contributed by atoms with Crippen molar-refractivity contribution < 1.29 is 14.3 Å². The molecule has 1 aromatic carbocycles. The fourth-order valence-corrected chi connectivity index (χ4v) is 1.31. The van der Waals surface area contributed by atoms with Gasteiger partial charge < -0.3 is 9.47 Å². The Morgan fingerprint density at radius 1 is 1.33 bits per heavy atom. The Morgan fingerprint density at radius 2 is 2.07 bits per heavy atom. The van der Waals surface area contributed by atoms with Gasteiger partial charge >= 0.3 is 0 Å². The molecule has 0 bridgehead atoms. The second-order valence-electron chi connectivity index (χ2n) is 2.92. The van der Waals surface area contributed by atoms with Crippen LogP contribution in [0.5, 0.6) is 11.5 Å². The highest BCUT2D eigenvalue weighted by Crippen LogP contribution is 2.30. The van der Waals surface area contributed by atoms with E-state index in [1.165, 1.54) is 0 Å². The Hall–Kier alpha value is -2.22. The van der Waals surface area contributed by atoms with E-state index in [1.54, 1.807) is 24.4 Å². The van der Waals surface area contributed by atoms with Crippen LogP contribution in [0.15, 0.2) is 18.2 Å². The van der Waals surface area contributed by atoms with Crippen LogP contribution in [0.3, 0.4) is 0 Å². The van der Waals surface area contributed by atoms with Gasteiger partial charge in [0.1, 0.15) is 13.2 Å². The van der Waals surface area contributed by atoms with Gasteiger partial charge in [0.05, 0.1) is 0 Å². The molecule has 0 fully saturated rings. The Labute approximate surface area is 86.2 Å². The van der Waals surface area contributed by atoms with Gasteiger partial charge in [-0.3, -0.25) is 10.1 Å². The molecule has 5 nitrogen and oxygen atoms in total. The molecule has 1 aliphatic heterocycles. The number of nitrogens with one attached hydrogen (secondary N) is 1. The number of hydrogen-bond donors (Lipinski definition) is 1. The molecule has 0 saturated carbocycles. The minimum Gasteiger partial charge on any atom is -0.486 e. The summed E-state index contributed by atoms with van der Waals surface area (Å²) in [6, 6.07) is 4.79. The van der Waals surface area contributed by atoms with Crippen LogP contribution in [0.25, 0.3) is 0 Å². The normalized spacial score (nSPS) is 12.7. The average Bonchev–Trinajstić information content (AvgIpc) is 2.29. The maximum absolute atomic E-state index is 11.3. The van der Waals surface area contributed by atoms with Gasteiger partial charge in [-0.15, -0.1) is 0 Å². The molecule has 0 spiro atoms. The first-order chi connectivity index (χ1) is 7.31. The minimum atomic E-state index is -0.450. The minimum absolute atomic E-state index is 0.376. The summed E-state index contributed by atoms with van der Waals surface area (Å²) in [4.78, 5) is 11.3. The molecule has 0 atom stereocenters. The van der Waals surface area contributed by atoms with Crippen LogP contribution in [0.2, 0.25) is 0 Å². The molecule has 0 unspecified atom stereocenters. The molecule has 76 valence electrons. The first-order valence-electron chi connectivity index (χ1n) is 4.40. The summed E-state index contributed by atoms with van der Waals surface area (Å²) in [5.74, 6) is 0.705. The quantitative estimate of drug-likeness (QED) is 0.539. The molecule has 5 heteroatoms. The molecule has 0 aromatic heterocycles. The maximum Gasteiger partial charge on any atom is 0.264 e. The Bertz CT molecular complexity index is 437. The molecule has 0 radical (unpaired) electrons. The summed E-state index contributed by atoms with van der Waals surface area (Å²) >= 11 is 0. The highest BCUT2D eigenvalue weighted by atomic mass is 16.6. The summed E-state index contributed by atoms with van der Waals surface area (Å²) in [7, 11) is 0. The van der Waals surface area contributed by atoms with E-state index in [0.717, 1.165) is 0 Å². The second-order valence-corrected chi connectivity index (χ2v) is 2.92. The van der Waals surface area contributed by atoms with Crippen LogP contribution in [0, 0.1) is 11.5 Å². The summed E-state index contributed by atoms with van der Waals surface area (Å²) in [5, 5.41) is 10.3. The molecule has 1 aliphatic rings. The zero-order valence-corrected chi connectivity index (χ0v) is 7.82. The van der Waals surface area contributed by atoms with Gasteiger partial charge in [-0.05, 0) is 18.2 Å². The Balaban J connectivity index is 2.28. The molecule has 0 aliphatic carbocycles. The lowest BCUT2D eigenvalue weighted by Crippen LogP contribution is -2.19. The number of hydrogen-bond acceptors (Lipinski definition) is 4. The molecule has 2 rings (SSSR count). The van der Waals surface area contributed by atoms with Crippen LogP contribution < -0.4 is 14.8 Å². The second kappa shape index (κ2) is 3.88. The van der Waals surface area contributed by atoms with Gasteiger partial charge in [0.15, 0.2) is 17.7 Å². The number of carbonyl (C=O) groups is 1. The van der Waals surface area contributed by atoms with Gasteiger partial charge in [0.25, 0.3) is 5.91 Å². The van der Waals surface area contributed by atoms with Crippen molar-refractivity contribution in [3.05, 3.63) is 23.8 Å². The number of nitrogens with zero attached hydrogens (tertiary/aromatic N) is 1. The topological polar surface area (TPSA) is 71.4 Å². The number of ether oxygens (including phenoxy) is 2. The van der Waals surface area contributed by atoms with E-state index in [9.17, 15) is 4.79 Å². The summed E-state index contributed by atoms with van der Waals surface area (Å²) in [6.07, 6.45) is 1.57. The van der Waals surface area contributed by atoms with Crippen LogP contribution in [0.4, 0.5) is 0 Å². The Kier molecular flexibility index (Phi) is 2.42. The summed E-state index contributed by atoms with van der Waals surface area (Å²) in [5.41, 5.74) is 0.376. The predicted octanol–water partition coefficient (Wildman–Crippen LogP) is 0.669. The average molecular weight is 204 g/mol. The van der Waals surface area contributed by atoms with E-state index in [2.05, 4.69) is 0 Å². The van der Waals surface area contributed by atoms with Crippen LogP contribution in [-0.4, -0.2) is 19.1 Å². The van der Waals surface area contributed by atoms with Gasteiger partial charge in [-0.1, -0.05) is 0 Å². The lowest BCUT2D eigenvalue weighted by Gasteiger charge is -2.18. The Morgan fingerprint density at radius 3 is 2.80 bits per heavy atom. The molecule has 0 saturated heterocycles. The number of carbonyl (C=O) groups excluding carboxylic acids is 1. The number of rotatable bonds is 1. The van der Waals surface area contributed by atoms with Crippen molar-refractivity contribution in [3.63, 3.8) is 0 Å². The number of fused-ring (bicyclic) bond motifs is 1. The van der Waals surface area contributed by atoms with Crippen molar-refractivity contribution in [2.75, 3.05) is 13.2 Å². The highest BCUT2D eigenvalue weighted by Gasteiger charge is 2.14. The van der Waals surface area contributed by atoms with Crippen LogP contribution in [0.1, 0.15) is 10.4 Å². The molecular weight excluding hydrogens is 196 g/mol. The van der Waals surface area contributed by atoms with Crippen LogP contribution >= 0.6 is 0 Å². The predicted molar refractivity (Wildman–Crippen MR) is 50.5 cm³/mol. The van der Waals surface area contributed by atoms with E-state index in [-0.39, 0.29) is 0 Å². The third-order valence-corrected chi connectivity index (χ3v) is 1.97. The summed E-state index contributed by atoms with van der Waals surface area (Å²) < 4.78 is 10.6. The van der Waals surface area contributed by atoms with E-state index in [0.29, 0.717) is 30.3 Å². The van der Waals surface area contributed by atoms with Crippen molar-refractivity contribution in [3.8, 4) is 17.7 Å². The first-order valence-corrected chi connectivity index (χ1v) is 4.40. The van der Waals surface area contributed by atoms with E-state index in [1.807, 2.05) is 5.32 Å². The number of benzene rings is 1. The van der Waals surface area contributed by atoms with E-state index in [4.69, 9.17) is 14.7 Å². The van der Waals surface area contributed by atoms with Crippen molar-refractivity contribution >= 4 is 5.91 Å². The smallest absolute Gasteiger partial charge is 0.264 e. The van der Waals surface area contributed by atoms with Crippen molar-refractivity contribution in [1.29, 1.82) is 5.26 Å². The largest absolute Gasteiger partial charge is 0.486 e. The van der Waals surface area contributed by atoms with Gasteiger partial charge in [0, 0.05) is 5.56 Å². The van der Waals surface area contributed by atoms with Crippen molar-refractivity contribution in [2.24, 2.45) is 0 Å². The van der Waals surface area contributed by atoms with Gasteiger partial charge in [-0.2, -0.15) is 5.26 Å². The standard InChI is InChI=1S/C10H8N2O3/c11-6-12-10(13)7-1-2-8-9(5-7)15-4-3-14-8/h1-2,5H,3-4H2,(H,12,13).